The van der Waals surface area contributed by atoms with Gasteiger partial charge in [0.15, 0.2) is 6.73 Å². The highest BCUT2D eigenvalue weighted by atomic mass is 16.5. The van der Waals surface area contributed by atoms with Gasteiger partial charge < -0.3 is 4.74 Å². The van der Waals surface area contributed by atoms with Crippen molar-refractivity contribution < 1.29 is 9.53 Å². The minimum absolute atomic E-state index is 0.0575. The molecule has 6 nitrogen and oxygen atoms in total. The summed E-state index contributed by atoms with van der Waals surface area (Å²) in [6, 6.07) is 3.18. The van der Waals surface area contributed by atoms with Crippen LogP contribution in [0.2, 0.25) is 0 Å². The fourth-order valence-electron chi connectivity index (χ4n) is 1.15. The Morgan fingerprint density at radius 1 is 1.44 bits per heavy atom. The van der Waals surface area contributed by atoms with Gasteiger partial charge in [0.1, 0.15) is 0 Å². The molecule has 0 aromatic carbocycles. The van der Waals surface area contributed by atoms with E-state index in [2.05, 4.69) is 15.3 Å². The molecule has 0 atom stereocenters. The first kappa shape index (κ1) is 10.3. The zero-order valence-corrected chi connectivity index (χ0v) is 8.70. The summed E-state index contributed by atoms with van der Waals surface area (Å²) in [5.74, 6) is -0.407. The van der Waals surface area contributed by atoms with E-state index in [-0.39, 0.29) is 6.73 Å². The first-order chi connectivity index (χ1) is 7.75. The maximum absolute atomic E-state index is 11.5. The fraction of sp³-hybridized carbons (Fsp3) is 0.200. The monoisotopic (exact) mass is 218 g/mol. The lowest BCUT2D eigenvalue weighted by atomic mass is 10.3. The van der Waals surface area contributed by atoms with Gasteiger partial charge in [0.05, 0.1) is 17.5 Å². The number of ether oxygens (including phenoxy) is 1. The SMILES string of the molecule is Cc1cn(COC(=O)c2ccncc2)nn1. The first-order valence-corrected chi connectivity index (χ1v) is 4.69. The summed E-state index contributed by atoms with van der Waals surface area (Å²) in [5, 5.41) is 7.54. The lowest BCUT2D eigenvalue weighted by Gasteiger charge is -2.03. The Hall–Kier alpha value is -2.24. The second-order valence-corrected chi connectivity index (χ2v) is 3.20. The normalized spacial score (nSPS) is 10.1. The molecule has 0 saturated heterocycles. The smallest absolute Gasteiger partial charge is 0.340 e. The largest absolute Gasteiger partial charge is 0.439 e. The van der Waals surface area contributed by atoms with Gasteiger partial charge in [-0.05, 0) is 19.1 Å². The number of pyridine rings is 1. The van der Waals surface area contributed by atoms with Crippen LogP contribution in [-0.2, 0) is 11.5 Å². The summed E-state index contributed by atoms with van der Waals surface area (Å²) in [5.41, 5.74) is 1.24. The van der Waals surface area contributed by atoms with E-state index in [0.29, 0.717) is 5.56 Å². The van der Waals surface area contributed by atoms with Gasteiger partial charge in [-0.1, -0.05) is 5.21 Å². The number of rotatable bonds is 3. The molecule has 0 fully saturated rings. The molecule has 0 aliphatic heterocycles. The summed E-state index contributed by atoms with van der Waals surface area (Å²) in [6.07, 6.45) is 4.77. The first-order valence-electron chi connectivity index (χ1n) is 4.69. The maximum Gasteiger partial charge on any atom is 0.340 e. The predicted octanol–water partition coefficient (Wildman–Crippen LogP) is 0.796. The van der Waals surface area contributed by atoms with Crippen molar-refractivity contribution in [2.45, 2.75) is 13.7 Å². The molecule has 0 bridgehead atoms. The van der Waals surface area contributed by atoms with Crippen molar-refractivity contribution in [2.24, 2.45) is 0 Å². The van der Waals surface area contributed by atoms with Crippen LogP contribution in [0.25, 0.3) is 0 Å². The standard InChI is InChI=1S/C10H10N4O2/c1-8-6-14(13-12-8)7-16-10(15)9-2-4-11-5-3-9/h2-6H,7H2,1H3. The Morgan fingerprint density at radius 3 is 2.81 bits per heavy atom. The lowest BCUT2D eigenvalue weighted by Crippen LogP contribution is -2.10. The van der Waals surface area contributed by atoms with Gasteiger partial charge in [-0.15, -0.1) is 5.10 Å². The highest BCUT2D eigenvalue weighted by molar-refractivity contribution is 5.88. The van der Waals surface area contributed by atoms with Crippen molar-refractivity contribution in [3.63, 3.8) is 0 Å². The zero-order chi connectivity index (χ0) is 11.4. The Labute approximate surface area is 91.9 Å². The van der Waals surface area contributed by atoms with Gasteiger partial charge in [0.25, 0.3) is 0 Å². The Morgan fingerprint density at radius 2 is 2.19 bits per heavy atom. The molecule has 82 valence electrons. The van der Waals surface area contributed by atoms with Gasteiger partial charge in [-0.3, -0.25) is 4.98 Å². The summed E-state index contributed by atoms with van der Waals surface area (Å²) in [7, 11) is 0. The quantitative estimate of drug-likeness (QED) is 0.712. The summed E-state index contributed by atoms with van der Waals surface area (Å²) >= 11 is 0. The van der Waals surface area contributed by atoms with Crippen molar-refractivity contribution in [1.29, 1.82) is 0 Å². The fourth-order valence-corrected chi connectivity index (χ4v) is 1.15. The second-order valence-electron chi connectivity index (χ2n) is 3.20. The van der Waals surface area contributed by atoms with Crippen molar-refractivity contribution in [2.75, 3.05) is 0 Å². The number of nitrogens with zero attached hydrogens (tertiary/aromatic N) is 4. The third-order valence-electron chi connectivity index (χ3n) is 1.90. The Bertz CT molecular complexity index is 481. The molecule has 2 aromatic rings. The molecule has 0 spiro atoms. The average Bonchev–Trinajstić information content (AvgIpc) is 2.73. The van der Waals surface area contributed by atoms with Crippen LogP contribution in [0.15, 0.2) is 30.7 Å². The van der Waals surface area contributed by atoms with Crippen LogP contribution in [0.4, 0.5) is 0 Å². The van der Waals surface area contributed by atoms with E-state index in [1.54, 1.807) is 18.3 Å². The van der Waals surface area contributed by atoms with Crippen LogP contribution in [0.3, 0.4) is 0 Å². The van der Waals surface area contributed by atoms with Crippen LogP contribution in [0.5, 0.6) is 0 Å². The molecule has 0 N–H and O–H groups in total. The maximum atomic E-state index is 11.5. The number of hydrogen-bond donors (Lipinski definition) is 0. The molecular formula is C10H10N4O2. The van der Waals surface area contributed by atoms with Crippen molar-refractivity contribution in [3.05, 3.63) is 42.0 Å². The summed E-state index contributed by atoms with van der Waals surface area (Å²) in [4.78, 5) is 15.3. The van der Waals surface area contributed by atoms with Gasteiger partial charge in [-0.25, -0.2) is 9.48 Å². The van der Waals surface area contributed by atoms with Crippen molar-refractivity contribution in [1.82, 2.24) is 20.0 Å². The van der Waals surface area contributed by atoms with Crippen LogP contribution in [0, 0.1) is 6.92 Å². The van der Waals surface area contributed by atoms with E-state index in [4.69, 9.17) is 4.74 Å². The molecule has 0 saturated carbocycles. The van der Waals surface area contributed by atoms with Gasteiger partial charge in [0.2, 0.25) is 0 Å². The van der Waals surface area contributed by atoms with Crippen LogP contribution in [-0.4, -0.2) is 25.9 Å². The third-order valence-corrected chi connectivity index (χ3v) is 1.90. The van der Waals surface area contributed by atoms with E-state index in [9.17, 15) is 4.79 Å². The van der Waals surface area contributed by atoms with E-state index in [0.717, 1.165) is 5.69 Å². The van der Waals surface area contributed by atoms with Crippen LogP contribution >= 0.6 is 0 Å². The van der Waals surface area contributed by atoms with Gasteiger partial charge >= 0.3 is 5.97 Å². The molecule has 16 heavy (non-hydrogen) atoms. The van der Waals surface area contributed by atoms with E-state index in [1.807, 2.05) is 6.92 Å². The molecule has 2 aromatic heterocycles. The van der Waals surface area contributed by atoms with E-state index >= 15 is 0 Å². The molecule has 0 aliphatic rings. The van der Waals surface area contributed by atoms with Crippen molar-refractivity contribution >= 4 is 5.97 Å². The topological polar surface area (TPSA) is 69.9 Å². The van der Waals surface area contributed by atoms with Gasteiger partial charge in [0, 0.05) is 12.4 Å². The highest BCUT2D eigenvalue weighted by Crippen LogP contribution is 2.00. The summed E-state index contributed by atoms with van der Waals surface area (Å²) in [6.45, 7) is 1.87. The number of carbonyl (C=O) groups is 1. The molecular weight excluding hydrogens is 208 g/mol. The number of aryl methyl sites for hydroxylation is 1. The molecule has 0 amide bonds. The van der Waals surface area contributed by atoms with Crippen LogP contribution < -0.4 is 0 Å². The van der Waals surface area contributed by atoms with Crippen LogP contribution in [0.1, 0.15) is 16.1 Å². The van der Waals surface area contributed by atoms with Gasteiger partial charge in [-0.2, -0.15) is 0 Å². The highest BCUT2D eigenvalue weighted by Gasteiger charge is 2.06. The molecule has 6 heteroatoms. The second kappa shape index (κ2) is 4.52. The number of hydrogen-bond acceptors (Lipinski definition) is 5. The lowest BCUT2D eigenvalue weighted by molar-refractivity contribution is 0.0346. The molecule has 2 heterocycles. The Kier molecular flexibility index (Phi) is 2.90. The number of esters is 1. The minimum atomic E-state index is -0.407. The summed E-state index contributed by atoms with van der Waals surface area (Å²) < 4.78 is 6.47. The number of aromatic nitrogens is 4. The molecule has 0 aliphatic carbocycles. The zero-order valence-electron chi connectivity index (χ0n) is 8.70. The molecule has 0 radical (unpaired) electrons. The van der Waals surface area contributed by atoms with E-state index < -0.39 is 5.97 Å². The number of carbonyl (C=O) groups excluding carboxylic acids is 1. The minimum Gasteiger partial charge on any atom is -0.439 e. The van der Waals surface area contributed by atoms with Crippen molar-refractivity contribution in [3.8, 4) is 0 Å². The molecule has 0 unspecified atom stereocenters. The average molecular weight is 218 g/mol. The predicted molar refractivity (Wildman–Crippen MR) is 54.4 cm³/mol. The third kappa shape index (κ3) is 2.41. The molecule has 2 rings (SSSR count). The van der Waals surface area contributed by atoms with E-state index in [1.165, 1.54) is 17.1 Å². The Balaban J connectivity index is 1.94.